The highest BCUT2D eigenvalue weighted by atomic mass is 16.4. The largest absolute Gasteiger partial charge is 0.477 e. The number of carboxylic acid groups (broad SMARTS) is 1. The van der Waals surface area contributed by atoms with Crippen LogP contribution in [0.2, 0.25) is 0 Å². The van der Waals surface area contributed by atoms with Crippen LogP contribution in [0, 0.1) is 5.92 Å². The number of nitrogens with zero attached hydrogens (tertiary/aromatic N) is 2. The van der Waals surface area contributed by atoms with E-state index >= 15 is 0 Å². The fourth-order valence-corrected chi connectivity index (χ4v) is 3.85. The van der Waals surface area contributed by atoms with Crippen LogP contribution in [0.25, 0.3) is 10.8 Å². The average Bonchev–Trinajstić information content (AvgIpc) is 3.15. The van der Waals surface area contributed by atoms with Gasteiger partial charge in [0.05, 0.1) is 6.20 Å². The topological polar surface area (TPSA) is 86.3 Å². The predicted molar refractivity (Wildman–Crippen MR) is 102 cm³/mol. The zero-order valence-electron chi connectivity index (χ0n) is 14.9. The molecule has 0 radical (unpaired) electrons. The predicted octanol–water partition coefficient (Wildman–Crippen LogP) is 3.36. The first-order chi connectivity index (χ1) is 13.1. The number of ketones is 1. The van der Waals surface area contributed by atoms with Gasteiger partial charge in [-0.1, -0.05) is 36.4 Å². The average molecular weight is 363 g/mol. The van der Waals surface area contributed by atoms with Crippen molar-refractivity contribution in [1.82, 2.24) is 15.1 Å². The van der Waals surface area contributed by atoms with Crippen molar-refractivity contribution in [2.75, 3.05) is 13.1 Å². The standard InChI is InChI=1S/C21H21N3O3/c25-20(16-8-7-14-4-1-2-5-15(14)10-16)17-6-3-9-24(12-17)13-18-11-22-23-19(18)21(26)27/h1-2,4-5,7-8,10-11,17H,3,6,9,12-13H2,(H,22,23)(H,26,27)/t17-/m1/s1. The van der Waals surface area contributed by atoms with Gasteiger partial charge in [0.2, 0.25) is 0 Å². The first-order valence-electron chi connectivity index (χ1n) is 9.13. The van der Waals surface area contributed by atoms with Crippen molar-refractivity contribution in [1.29, 1.82) is 0 Å². The highest BCUT2D eigenvalue weighted by Crippen LogP contribution is 2.24. The molecule has 1 atom stereocenters. The number of Topliss-reactive ketones (excluding diaryl/α,β-unsaturated/α-hetero) is 1. The molecule has 1 aliphatic rings. The summed E-state index contributed by atoms with van der Waals surface area (Å²) < 4.78 is 0. The van der Waals surface area contributed by atoms with Gasteiger partial charge >= 0.3 is 5.97 Å². The second-order valence-corrected chi connectivity index (χ2v) is 7.08. The summed E-state index contributed by atoms with van der Waals surface area (Å²) in [5.41, 5.74) is 1.52. The fraction of sp³-hybridized carbons (Fsp3) is 0.286. The molecule has 2 aromatic carbocycles. The molecule has 3 aromatic rings. The van der Waals surface area contributed by atoms with Gasteiger partial charge in [-0.05, 0) is 36.2 Å². The van der Waals surface area contributed by atoms with Crippen molar-refractivity contribution < 1.29 is 14.7 Å². The van der Waals surface area contributed by atoms with E-state index in [-0.39, 0.29) is 17.4 Å². The number of benzene rings is 2. The first kappa shape index (κ1) is 17.4. The molecule has 1 aliphatic heterocycles. The maximum Gasteiger partial charge on any atom is 0.354 e. The lowest BCUT2D eigenvalue weighted by Gasteiger charge is -2.31. The Bertz CT molecular complexity index is 995. The number of aromatic nitrogens is 2. The number of carbonyl (C=O) groups is 2. The number of hydrogen-bond acceptors (Lipinski definition) is 4. The third-order valence-corrected chi connectivity index (χ3v) is 5.24. The van der Waals surface area contributed by atoms with Gasteiger partial charge in [-0.3, -0.25) is 14.8 Å². The van der Waals surface area contributed by atoms with E-state index in [0.29, 0.717) is 18.7 Å². The molecular formula is C21H21N3O3. The number of aromatic amines is 1. The molecule has 6 nitrogen and oxygen atoms in total. The Morgan fingerprint density at radius 3 is 2.81 bits per heavy atom. The number of nitrogens with one attached hydrogen (secondary N) is 1. The van der Waals surface area contributed by atoms with Crippen LogP contribution in [0.3, 0.4) is 0 Å². The van der Waals surface area contributed by atoms with Crippen LogP contribution in [-0.4, -0.2) is 45.0 Å². The molecule has 0 unspecified atom stereocenters. The van der Waals surface area contributed by atoms with Crippen molar-refractivity contribution in [2.24, 2.45) is 5.92 Å². The van der Waals surface area contributed by atoms with Gasteiger partial charge in [-0.25, -0.2) is 4.79 Å². The molecule has 0 saturated carbocycles. The summed E-state index contributed by atoms with van der Waals surface area (Å²) in [7, 11) is 0. The lowest BCUT2D eigenvalue weighted by molar-refractivity contribution is 0.0683. The number of carbonyl (C=O) groups excluding carboxylic acids is 1. The van der Waals surface area contributed by atoms with Crippen molar-refractivity contribution >= 4 is 22.5 Å². The quantitative estimate of drug-likeness (QED) is 0.679. The van der Waals surface area contributed by atoms with Crippen LogP contribution in [0.1, 0.15) is 39.3 Å². The first-order valence-corrected chi connectivity index (χ1v) is 9.13. The minimum atomic E-state index is -1.01. The zero-order chi connectivity index (χ0) is 18.8. The Morgan fingerprint density at radius 2 is 2.00 bits per heavy atom. The van der Waals surface area contributed by atoms with Crippen molar-refractivity contribution in [2.45, 2.75) is 19.4 Å². The second-order valence-electron chi connectivity index (χ2n) is 7.08. The molecule has 1 aromatic heterocycles. The van der Waals surface area contributed by atoms with Gasteiger partial charge in [0.25, 0.3) is 0 Å². The van der Waals surface area contributed by atoms with E-state index in [1.54, 1.807) is 6.20 Å². The van der Waals surface area contributed by atoms with Crippen LogP contribution in [0.5, 0.6) is 0 Å². The van der Waals surface area contributed by atoms with Gasteiger partial charge < -0.3 is 5.11 Å². The molecule has 0 bridgehead atoms. The third kappa shape index (κ3) is 3.61. The molecule has 138 valence electrons. The van der Waals surface area contributed by atoms with Crippen LogP contribution in [-0.2, 0) is 6.54 Å². The summed E-state index contributed by atoms with van der Waals surface area (Å²) in [6.45, 7) is 1.97. The van der Waals surface area contributed by atoms with Gasteiger partial charge in [0, 0.05) is 30.1 Å². The molecule has 0 amide bonds. The highest BCUT2D eigenvalue weighted by Gasteiger charge is 2.27. The lowest BCUT2D eigenvalue weighted by atomic mass is 9.89. The number of H-pyrrole nitrogens is 1. The van der Waals surface area contributed by atoms with E-state index < -0.39 is 5.97 Å². The van der Waals surface area contributed by atoms with Crippen molar-refractivity contribution in [3.05, 3.63) is 65.5 Å². The molecule has 1 fully saturated rings. The maximum absolute atomic E-state index is 13.0. The minimum Gasteiger partial charge on any atom is -0.477 e. The van der Waals surface area contributed by atoms with E-state index in [1.807, 2.05) is 42.5 Å². The number of aromatic carboxylic acids is 1. The Labute approximate surface area is 156 Å². The minimum absolute atomic E-state index is 0.0694. The lowest BCUT2D eigenvalue weighted by Crippen LogP contribution is -2.38. The molecule has 6 heteroatoms. The van der Waals surface area contributed by atoms with Crippen LogP contribution >= 0.6 is 0 Å². The van der Waals surface area contributed by atoms with Crippen LogP contribution < -0.4 is 0 Å². The molecular weight excluding hydrogens is 342 g/mol. The molecule has 4 rings (SSSR count). The second kappa shape index (κ2) is 7.32. The Hall–Kier alpha value is -2.99. The normalized spacial score (nSPS) is 17.9. The number of hydrogen-bond donors (Lipinski definition) is 2. The van der Waals surface area contributed by atoms with Gasteiger partial charge in [0.15, 0.2) is 5.78 Å². The number of piperidine rings is 1. The molecule has 2 N–H and O–H groups in total. The van der Waals surface area contributed by atoms with Crippen LogP contribution in [0.15, 0.2) is 48.7 Å². The van der Waals surface area contributed by atoms with Gasteiger partial charge in [0.1, 0.15) is 5.69 Å². The smallest absolute Gasteiger partial charge is 0.354 e. The van der Waals surface area contributed by atoms with Crippen molar-refractivity contribution in [3.63, 3.8) is 0 Å². The van der Waals surface area contributed by atoms with E-state index in [4.69, 9.17) is 0 Å². The number of fused-ring (bicyclic) bond motifs is 1. The monoisotopic (exact) mass is 363 g/mol. The highest BCUT2D eigenvalue weighted by molar-refractivity contribution is 6.01. The molecule has 0 spiro atoms. The Balaban J connectivity index is 1.49. The van der Waals surface area contributed by atoms with Gasteiger partial charge in [-0.2, -0.15) is 5.10 Å². The number of rotatable bonds is 5. The summed E-state index contributed by atoms with van der Waals surface area (Å²) in [6, 6.07) is 13.9. The SMILES string of the molecule is O=C(O)c1[nH]ncc1CN1CCC[C@@H](C(=O)c2ccc3ccccc3c2)C1. The Morgan fingerprint density at radius 1 is 1.19 bits per heavy atom. The molecule has 27 heavy (non-hydrogen) atoms. The van der Waals surface area contributed by atoms with E-state index in [2.05, 4.69) is 15.1 Å². The molecule has 1 saturated heterocycles. The zero-order valence-corrected chi connectivity index (χ0v) is 14.9. The number of likely N-dealkylation sites (tertiary alicyclic amines) is 1. The number of carboxylic acids is 1. The maximum atomic E-state index is 13.0. The van der Waals surface area contributed by atoms with Gasteiger partial charge in [-0.15, -0.1) is 0 Å². The van der Waals surface area contributed by atoms with Crippen molar-refractivity contribution in [3.8, 4) is 0 Å². The van der Waals surface area contributed by atoms with E-state index in [9.17, 15) is 14.7 Å². The summed E-state index contributed by atoms with van der Waals surface area (Å²) in [4.78, 5) is 26.4. The third-order valence-electron chi connectivity index (χ3n) is 5.24. The Kier molecular flexibility index (Phi) is 4.73. The van der Waals surface area contributed by atoms with E-state index in [0.717, 1.165) is 35.7 Å². The summed E-state index contributed by atoms with van der Waals surface area (Å²) >= 11 is 0. The summed E-state index contributed by atoms with van der Waals surface area (Å²) in [5, 5.41) is 17.8. The molecule has 0 aliphatic carbocycles. The molecule has 2 heterocycles. The summed E-state index contributed by atoms with van der Waals surface area (Å²) in [5.74, 6) is -0.917. The summed E-state index contributed by atoms with van der Waals surface area (Å²) in [6.07, 6.45) is 3.34. The van der Waals surface area contributed by atoms with E-state index in [1.165, 1.54) is 0 Å². The fourth-order valence-electron chi connectivity index (χ4n) is 3.85. The van der Waals surface area contributed by atoms with Crippen LogP contribution in [0.4, 0.5) is 0 Å².